The minimum atomic E-state index is -0.695. The quantitative estimate of drug-likeness (QED) is 0.0847. The maximum Gasteiger partial charge on any atom is 0.242 e. The van der Waals surface area contributed by atoms with Gasteiger partial charge in [0.2, 0.25) is 29.5 Å². The zero-order chi connectivity index (χ0) is 36.6. The highest BCUT2D eigenvalue weighted by molar-refractivity contribution is 5.89. The molecule has 0 heterocycles. The number of ether oxygens (including phenoxy) is 2. The van der Waals surface area contributed by atoms with Crippen LogP contribution in [0, 0.1) is 13.8 Å². The van der Waals surface area contributed by atoms with E-state index in [1.165, 1.54) is 0 Å². The molecule has 1 unspecified atom stereocenters. The molecule has 0 bridgehead atoms. The molecular weight excluding hydrogens is 640 g/mol. The molecule has 0 saturated heterocycles. The molecule has 0 spiro atoms. The summed E-state index contributed by atoms with van der Waals surface area (Å²) in [5.74, 6) is -1.39. The first-order valence-electron chi connectivity index (χ1n) is 17.5. The van der Waals surface area contributed by atoms with Crippen molar-refractivity contribution in [3.63, 3.8) is 0 Å². The van der Waals surface area contributed by atoms with Crippen molar-refractivity contribution < 1.29 is 33.4 Å². The van der Waals surface area contributed by atoms with E-state index < -0.39 is 6.04 Å². The lowest BCUT2D eigenvalue weighted by Gasteiger charge is -2.22. The van der Waals surface area contributed by atoms with E-state index in [0.29, 0.717) is 58.8 Å². The van der Waals surface area contributed by atoms with Crippen molar-refractivity contribution in [1.82, 2.24) is 26.6 Å². The lowest BCUT2D eigenvalue weighted by molar-refractivity contribution is -0.130. The van der Waals surface area contributed by atoms with Gasteiger partial charge in [-0.25, -0.2) is 0 Å². The number of nitrogens with two attached hydrogens (primary N) is 1. The molecule has 0 aliphatic rings. The van der Waals surface area contributed by atoms with Crippen LogP contribution in [0.15, 0.2) is 48.5 Å². The lowest BCUT2D eigenvalue weighted by atomic mass is 9.90. The number of carbonyl (C=O) groups is 5. The van der Waals surface area contributed by atoms with Gasteiger partial charge in [0.05, 0.1) is 26.4 Å². The summed E-state index contributed by atoms with van der Waals surface area (Å²) < 4.78 is 10.8. The van der Waals surface area contributed by atoms with Gasteiger partial charge in [-0.3, -0.25) is 24.0 Å². The van der Waals surface area contributed by atoms with Crippen LogP contribution in [0.4, 0.5) is 0 Å². The van der Waals surface area contributed by atoms with Gasteiger partial charge in [0.1, 0.15) is 6.04 Å². The molecule has 0 saturated carbocycles. The molecule has 0 aliphatic heterocycles. The van der Waals surface area contributed by atoms with E-state index >= 15 is 0 Å². The average molecular weight is 697 g/mol. The third kappa shape index (κ3) is 17.9. The first-order chi connectivity index (χ1) is 24.1. The monoisotopic (exact) mass is 696 g/mol. The summed E-state index contributed by atoms with van der Waals surface area (Å²) in [6, 6.07) is 15.9. The van der Waals surface area contributed by atoms with Gasteiger partial charge in [0.15, 0.2) is 0 Å². The van der Waals surface area contributed by atoms with E-state index in [0.717, 1.165) is 22.3 Å². The number of carbonyl (C=O) groups excluding carboxylic acids is 5. The predicted octanol–water partition coefficient (Wildman–Crippen LogP) is 1.74. The van der Waals surface area contributed by atoms with Crippen molar-refractivity contribution in [1.29, 1.82) is 0 Å². The second kappa shape index (κ2) is 24.7. The van der Waals surface area contributed by atoms with Gasteiger partial charge in [-0.1, -0.05) is 73.0 Å². The van der Waals surface area contributed by atoms with Crippen molar-refractivity contribution in [3.05, 3.63) is 70.8 Å². The first kappa shape index (κ1) is 41.8. The van der Waals surface area contributed by atoms with Crippen LogP contribution >= 0.6 is 0 Å². The van der Waals surface area contributed by atoms with Gasteiger partial charge in [-0.15, -0.1) is 0 Å². The van der Waals surface area contributed by atoms with E-state index in [1.54, 1.807) is 0 Å². The molecule has 13 nitrogen and oxygen atoms in total. The Morgan fingerprint density at radius 2 is 1.06 bits per heavy atom. The van der Waals surface area contributed by atoms with E-state index in [9.17, 15) is 24.0 Å². The molecule has 5 amide bonds. The summed E-state index contributed by atoms with van der Waals surface area (Å²) in [6.45, 7) is 8.95. The minimum absolute atomic E-state index is 0.0115. The van der Waals surface area contributed by atoms with Crippen LogP contribution in [0.25, 0.3) is 0 Å². The van der Waals surface area contributed by atoms with Crippen molar-refractivity contribution in [2.24, 2.45) is 5.73 Å². The maximum atomic E-state index is 13.2. The van der Waals surface area contributed by atoms with Crippen LogP contribution in [0.5, 0.6) is 0 Å². The summed E-state index contributed by atoms with van der Waals surface area (Å²) in [5.41, 5.74) is 9.82. The van der Waals surface area contributed by atoms with Crippen molar-refractivity contribution in [3.8, 4) is 0 Å². The Morgan fingerprint density at radius 1 is 0.620 bits per heavy atom. The molecule has 0 aliphatic carbocycles. The van der Waals surface area contributed by atoms with Gasteiger partial charge in [0, 0.05) is 64.3 Å². The zero-order valence-electron chi connectivity index (χ0n) is 29.8. The number of benzene rings is 2. The lowest BCUT2D eigenvalue weighted by Crippen LogP contribution is -2.47. The van der Waals surface area contributed by atoms with Crippen LogP contribution in [-0.4, -0.2) is 94.7 Å². The number of hydrogen-bond donors (Lipinski definition) is 6. The molecule has 2 rings (SSSR count). The fraction of sp³-hybridized carbons (Fsp3) is 0.541. The Morgan fingerprint density at radius 3 is 1.50 bits per heavy atom. The highest BCUT2D eigenvalue weighted by atomic mass is 16.5. The van der Waals surface area contributed by atoms with Crippen LogP contribution in [0.2, 0.25) is 0 Å². The zero-order valence-corrected chi connectivity index (χ0v) is 29.8. The summed E-state index contributed by atoms with van der Waals surface area (Å²) in [4.78, 5) is 61.4. The van der Waals surface area contributed by atoms with Gasteiger partial charge >= 0.3 is 0 Å². The fourth-order valence-electron chi connectivity index (χ4n) is 4.95. The standard InChI is InChI=1S/C37H56N6O7/c1-4-5-32(37(48)42-26-31(29-10-6-27(2)7-11-29)30-12-8-28(3)9-13-30)43-36(47)17-16-35(46)41-21-23-50-25-24-49-22-20-40-34(45)15-14-33(44)39-19-18-38/h6-13,31-32H,4-5,14-26,38H2,1-3H3,(H,39,44)(H,40,45)(H,41,46)(H,42,48)(H,43,47). The van der Waals surface area contributed by atoms with Crippen molar-refractivity contribution in [2.45, 2.75) is 71.3 Å². The molecule has 50 heavy (non-hydrogen) atoms. The topological polar surface area (TPSA) is 190 Å². The Balaban J connectivity index is 1.61. The molecule has 0 aromatic heterocycles. The second-order valence-corrected chi connectivity index (χ2v) is 12.1. The Bertz CT molecular complexity index is 1280. The summed E-state index contributed by atoms with van der Waals surface area (Å²) in [7, 11) is 0. The molecule has 1 atom stereocenters. The molecule has 7 N–H and O–H groups in total. The van der Waals surface area contributed by atoms with Crippen molar-refractivity contribution in [2.75, 3.05) is 59.2 Å². The van der Waals surface area contributed by atoms with Crippen LogP contribution in [0.1, 0.15) is 73.6 Å². The van der Waals surface area contributed by atoms with E-state index in [4.69, 9.17) is 15.2 Å². The van der Waals surface area contributed by atoms with Gasteiger partial charge in [0.25, 0.3) is 0 Å². The molecule has 2 aromatic carbocycles. The van der Waals surface area contributed by atoms with Gasteiger partial charge in [-0.05, 0) is 31.4 Å². The Labute approximate surface area is 296 Å². The summed E-state index contributed by atoms with van der Waals surface area (Å²) in [5, 5.41) is 13.9. The van der Waals surface area contributed by atoms with E-state index in [2.05, 4.69) is 75.1 Å². The van der Waals surface area contributed by atoms with Crippen molar-refractivity contribution >= 4 is 29.5 Å². The van der Waals surface area contributed by atoms with Crippen LogP contribution < -0.4 is 32.3 Å². The third-order valence-corrected chi connectivity index (χ3v) is 7.80. The number of hydrogen-bond acceptors (Lipinski definition) is 8. The fourth-order valence-corrected chi connectivity index (χ4v) is 4.95. The minimum Gasteiger partial charge on any atom is -0.377 e. The largest absolute Gasteiger partial charge is 0.377 e. The summed E-state index contributed by atoms with van der Waals surface area (Å²) >= 11 is 0. The third-order valence-electron chi connectivity index (χ3n) is 7.80. The Hall–Kier alpha value is -4.33. The number of amides is 5. The maximum absolute atomic E-state index is 13.2. The van der Waals surface area contributed by atoms with Crippen LogP contribution in [0.3, 0.4) is 0 Å². The van der Waals surface area contributed by atoms with Crippen LogP contribution in [-0.2, 0) is 33.4 Å². The molecule has 0 fully saturated rings. The highest BCUT2D eigenvalue weighted by Gasteiger charge is 2.22. The molecule has 0 radical (unpaired) electrons. The number of aryl methyl sites for hydroxylation is 2. The number of rotatable bonds is 25. The SMILES string of the molecule is CCCC(NC(=O)CCC(=O)NCCOCCOCCNC(=O)CCC(=O)NCCN)C(=O)NCC(c1ccc(C)cc1)c1ccc(C)cc1. The Kier molecular flexibility index (Phi) is 20.7. The second-order valence-electron chi connectivity index (χ2n) is 12.1. The summed E-state index contributed by atoms with van der Waals surface area (Å²) in [6.07, 6.45) is 1.34. The van der Waals surface area contributed by atoms with Gasteiger partial charge < -0.3 is 41.8 Å². The normalized spacial score (nSPS) is 11.5. The van der Waals surface area contributed by atoms with Gasteiger partial charge in [-0.2, -0.15) is 0 Å². The molecule has 2 aromatic rings. The molecule has 13 heteroatoms. The first-order valence-corrected chi connectivity index (χ1v) is 17.5. The number of nitrogens with one attached hydrogen (secondary N) is 5. The van der Waals surface area contributed by atoms with E-state index in [1.807, 2.05) is 20.8 Å². The van der Waals surface area contributed by atoms with E-state index in [-0.39, 0.29) is 74.3 Å². The molecular formula is C37H56N6O7. The highest BCUT2D eigenvalue weighted by Crippen LogP contribution is 2.25. The predicted molar refractivity (Wildman–Crippen MR) is 192 cm³/mol. The average Bonchev–Trinajstić information content (AvgIpc) is 3.10. The molecule has 276 valence electrons. The smallest absolute Gasteiger partial charge is 0.242 e.